The van der Waals surface area contributed by atoms with Gasteiger partial charge in [-0.1, -0.05) is 12.1 Å². The van der Waals surface area contributed by atoms with Crippen LogP contribution in [0, 0.1) is 0 Å². The fraction of sp³-hybridized carbons (Fsp3) is 0.600. The zero-order valence-corrected chi connectivity index (χ0v) is 14.8. The number of benzene rings is 1. The van der Waals surface area contributed by atoms with E-state index in [0.717, 1.165) is 37.8 Å². The molecular formula is C15H26ClN3O2S. The van der Waals surface area contributed by atoms with Gasteiger partial charge in [-0.15, -0.1) is 12.4 Å². The van der Waals surface area contributed by atoms with Crippen LogP contribution in [0.15, 0.2) is 29.2 Å². The van der Waals surface area contributed by atoms with Crippen LogP contribution in [-0.2, 0) is 16.6 Å². The normalized spacial score (nSPS) is 22.4. The van der Waals surface area contributed by atoms with Gasteiger partial charge in [-0.3, -0.25) is 0 Å². The summed E-state index contributed by atoms with van der Waals surface area (Å²) in [7, 11) is 0.545. The van der Waals surface area contributed by atoms with E-state index >= 15 is 0 Å². The topological polar surface area (TPSA) is 75.4 Å². The first-order chi connectivity index (χ1) is 9.87. The molecule has 0 aliphatic heterocycles. The third-order valence-electron chi connectivity index (χ3n) is 3.83. The van der Waals surface area contributed by atoms with E-state index in [1.165, 1.54) is 0 Å². The van der Waals surface area contributed by atoms with Gasteiger partial charge in [0.25, 0.3) is 0 Å². The maximum Gasteiger partial charge on any atom is 0.240 e. The van der Waals surface area contributed by atoms with Crippen LogP contribution in [0.1, 0.15) is 31.2 Å². The number of sulfonamides is 1. The maximum atomic E-state index is 12.4. The second-order valence-corrected chi connectivity index (χ2v) is 7.83. The van der Waals surface area contributed by atoms with Crippen LogP contribution in [0.2, 0.25) is 0 Å². The van der Waals surface area contributed by atoms with E-state index in [9.17, 15) is 8.42 Å². The van der Waals surface area contributed by atoms with Gasteiger partial charge in [0.1, 0.15) is 0 Å². The summed E-state index contributed by atoms with van der Waals surface area (Å²) in [5.74, 6) is 0. The van der Waals surface area contributed by atoms with E-state index in [4.69, 9.17) is 5.73 Å². The smallest absolute Gasteiger partial charge is 0.240 e. The van der Waals surface area contributed by atoms with Gasteiger partial charge in [0.2, 0.25) is 10.0 Å². The molecule has 7 heteroatoms. The second-order valence-electron chi connectivity index (χ2n) is 6.11. The predicted molar refractivity (Wildman–Crippen MR) is 91.6 cm³/mol. The molecule has 0 spiro atoms. The average molecular weight is 348 g/mol. The van der Waals surface area contributed by atoms with Gasteiger partial charge in [0.15, 0.2) is 0 Å². The van der Waals surface area contributed by atoms with Gasteiger partial charge in [-0.25, -0.2) is 13.1 Å². The van der Waals surface area contributed by atoms with Crippen molar-refractivity contribution in [1.82, 2.24) is 9.62 Å². The lowest BCUT2D eigenvalue weighted by Gasteiger charge is -2.26. The third-order valence-corrected chi connectivity index (χ3v) is 5.36. The number of rotatable bonds is 5. The maximum absolute atomic E-state index is 12.4. The summed E-state index contributed by atoms with van der Waals surface area (Å²) in [6, 6.07) is 7.31. The highest BCUT2D eigenvalue weighted by Crippen LogP contribution is 2.20. The highest BCUT2D eigenvalue weighted by atomic mass is 35.5. The quantitative estimate of drug-likeness (QED) is 0.850. The molecule has 2 rings (SSSR count). The van der Waals surface area contributed by atoms with Crippen LogP contribution in [-0.4, -0.2) is 39.5 Å². The molecule has 0 amide bonds. The number of nitrogens with one attached hydrogen (secondary N) is 1. The predicted octanol–water partition coefficient (Wildman–Crippen LogP) is 1.72. The molecule has 1 fully saturated rings. The molecule has 126 valence electrons. The van der Waals surface area contributed by atoms with Gasteiger partial charge in [-0.2, -0.15) is 0 Å². The molecule has 0 saturated heterocycles. The lowest BCUT2D eigenvalue weighted by Crippen LogP contribution is -2.40. The molecule has 5 nitrogen and oxygen atoms in total. The zero-order valence-electron chi connectivity index (χ0n) is 13.2. The molecule has 0 heterocycles. The molecule has 0 aromatic heterocycles. The van der Waals surface area contributed by atoms with Gasteiger partial charge in [0.05, 0.1) is 4.90 Å². The number of nitrogens with zero attached hydrogens (tertiary/aromatic N) is 1. The first-order valence-corrected chi connectivity index (χ1v) is 8.87. The molecule has 0 bridgehead atoms. The minimum Gasteiger partial charge on any atom is -0.328 e. The van der Waals surface area contributed by atoms with E-state index in [1.54, 1.807) is 12.1 Å². The molecule has 1 aliphatic carbocycles. The Bertz CT molecular complexity index is 553. The number of hydrogen-bond acceptors (Lipinski definition) is 4. The average Bonchev–Trinajstić information content (AvgIpc) is 2.41. The third kappa shape index (κ3) is 5.52. The highest BCUT2D eigenvalue weighted by molar-refractivity contribution is 7.89. The van der Waals surface area contributed by atoms with E-state index in [2.05, 4.69) is 4.72 Å². The summed E-state index contributed by atoms with van der Waals surface area (Å²) in [5.41, 5.74) is 6.95. The van der Waals surface area contributed by atoms with Crippen molar-refractivity contribution in [2.45, 2.75) is 49.2 Å². The lowest BCUT2D eigenvalue weighted by atomic mass is 9.93. The molecule has 22 heavy (non-hydrogen) atoms. The summed E-state index contributed by atoms with van der Waals surface area (Å²) in [5, 5.41) is 0. The van der Waals surface area contributed by atoms with Crippen LogP contribution in [0.25, 0.3) is 0 Å². The molecule has 0 unspecified atom stereocenters. The summed E-state index contributed by atoms with van der Waals surface area (Å²) < 4.78 is 27.5. The Kier molecular flexibility index (Phi) is 7.28. The Morgan fingerprint density at radius 1 is 1.14 bits per heavy atom. The molecule has 3 N–H and O–H groups in total. The van der Waals surface area contributed by atoms with Gasteiger partial charge in [0, 0.05) is 18.6 Å². The SMILES string of the molecule is CN(C)Cc1ccc(S(=O)(=O)NC2CCC(N)CC2)cc1.Cl. The van der Waals surface area contributed by atoms with Gasteiger partial charge < -0.3 is 10.6 Å². The Balaban J connectivity index is 0.00000242. The van der Waals surface area contributed by atoms with E-state index in [1.807, 2.05) is 31.1 Å². The van der Waals surface area contributed by atoms with E-state index < -0.39 is 10.0 Å². The molecule has 0 atom stereocenters. The van der Waals surface area contributed by atoms with Crippen molar-refractivity contribution >= 4 is 22.4 Å². The fourth-order valence-corrected chi connectivity index (χ4v) is 3.97. The first-order valence-electron chi connectivity index (χ1n) is 7.38. The molecule has 0 radical (unpaired) electrons. The fourth-order valence-electron chi connectivity index (χ4n) is 2.66. The van der Waals surface area contributed by atoms with Crippen molar-refractivity contribution in [3.63, 3.8) is 0 Å². The first kappa shape index (κ1) is 19.4. The van der Waals surface area contributed by atoms with Gasteiger partial charge in [-0.05, 0) is 57.5 Å². The molecule has 1 aliphatic rings. The van der Waals surface area contributed by atoms with Crippen LogP contribution >= 0.6 is 12.4 Å². The van der Waals surface area contributed by atoms with E-state index in [-0.39, 0.29) is 24.5 Å². The number of halogens is 1. The highest BCUT2D eigenvalue weighted by Gasteiger charge is 2.24. The monoisotopic (exact) mass is 347 g/mol. The minimum absolute atomic E-state index is 0. The summed E-state index contributed by atoms with van der Waals surface area (Å²) in [6.45, 7) is 0.800. The molecule has 1 aromatic rings. The molecule has 1 aromatic carbocycles. The summed E-state index contributed by atoms with van der Waals surface area (Å²) in [4.78, 5) is 2.38. The number of nitrogens with two attached hydrogens (primary N) is 1. The summed E-state index contributed by atoms with van der Waals surface area (Å²) >= 11 is 0. The molecular weight excluding hydrogens is 322 g/mol. The van der Waals surface area contributed by atoms with Crippen LogP contribution < -0.4 is 10.5 Å². The lowest BCUT2D eigenvalue weighted by molar-refractivity contribution is 0.373. The van der Waals surface area contributed by atoms with Crippen LogP contribution in [0.5, 0.6) is 0 Å². The minimum atomic E-state index is -3.43. The number of hydrogen-bond donors (Lipinski definition) is 2. The Morgan fingerprint density at radius 3 is 2.18 bits per heavy atom. The van der Waals surface area contributed by atoms with Crippen molar-refractivity contribution in [3.05, 3.63) is 29.8 Å². The van der Waals surface area contributed by atoms with Crippen LogP contribution in [0.4, 0.5) is 0 Å². The Hall–Kier alpha value is -0.660. The Labute approximate surface area is 139 Å². The van der Waals surface area contributed by atoms with Crippen molar-refractivity contribution < 1.29 is 8.42 Å². The molecule has 1 saturated carbocycles. The largest absolute Gasteiger partial charge is 0.328 e. The van der Waals surface area contributed by atoms with Crippen molar-refractivity contribution in [2.75, 3.05) is 14.1 Å². The van der Waals surface area contributed by atoms with Crippen molar-refractivity contribution in [2.24, 2.45) is 5.73 Å². The van der Waals surface area contributed by atoms with E-state index in [0.29, 0.717) is 4.90 Å². The van der Waals surface area contributed by atoms with Gasteiger partial charge >= 0.3 is 0 Å². The summed E-state index contributed by atoms with van der Waals surface area (Å²) in [6.07, 6.45) is 3.40. The second kappa shape index (κ2) is 8.26. The van der Waals surface area contributed by atoms with Crippen LogP contribution in [0.3, 0.4) is 0 Å². The zero-order chi connectivity index (χ0) is 15.5. The van der Waals surface area contributed by atoms with Crippen molar-refractivity contribution in [1.29, 1.82) is 0 Å². The Morgan fingerprint density at radius 2 is 1.68 bits per heavy atom. The standard InChI is InChI=1S/C15H25N3O2S.ClH/c1-18(2)11-12-3-9-15(10-4-12)21(19,20)17-14-7-5-13(16)6-8-14;/h3-4,9-10,13-14,17H,5-8,11,16H2,1-2H3;1H. The van der Waals surface area contributed by atoms with Crippen molar-refractivity contribution in [3.8, 4) is 0 Å².